The van der Waals surface area contributed by atoms with Crippen molar-refractivity contribution in [2.24, 2.45) is 5.92 Å². The molecular weight excluding hydrogens is 358 g/mol. The number of ketones is 1. The lowest BCUT2D eigenvalue weighted by Gasteiger charge is -2.31. The predicted octanol–water partition coefficient (Wildman–Crippen LogP) is 4.78. The maximum atomic E-state index is 12.7. The van der Waals surface area contributed by atoms with Crippen molar-refractivity contribution in [3.05, 3.63) is 65.5 Å². The Morgan fingerprint density at radius 2 is 1.83 bits per heavy atom. The monoisotopic (exact) mass is 389 g/mol. The molecule has 2 heterocycles. The zero-order chi connectivity index (χ0) is 20.2. The Kier molecular flexibility index (Phi) is 6.10. The number of imidazole rings is 1. The molecule has 3 aromatic rings. The van der Waals surface area contributed by atoms with Crippen LogP contribution in [0.3, 0.4) is 0 Å². The van der Waals surface area contributed by atoms with E-state index in [0.29, 0.717) is 24.5 Å². The summed E-state index contributed by atoms with van der Waals surface area (Å²) >= 11 is 0. The van der Waals surface area contributed by atoms with Gasteiger partial charge in [0.05, 0.1) is 11.0 Å². The first-order valence-electron chi connectivity index (χ1n) is 10.9. The van der Waals surface area contributed by atoms with E-state index in [0.717, 1.165) is 61.4 Å². The van der Waals surface area contributed by atoms with Gasteiger partial charge in [0.25, 0.3) is 0 Å². The molecular formula is C25H31N3O. The van der Waals surface area contributed by atoms with E-state index in [2.05, 4.69) is 69.9 Å². The lowest BCUT2D eigenvalue weighted by atomic mass is 9.90. The van der Waals surface area contributed by atoms with Gasteiger partial charge in [-0.1, -0.05) is 36.4 Å². The first-order valence-corrected chi connectivity index (χ1v) is 10.9. The van der Waals surface area contributed by atoms with Gasteiger partial charge >= 0.3 is 0 Å². The van der Waals surface area contributed by atoms with Gasteiger partial charge in [0, 0.05) is 25.9 Å². The topological polar surface area (TPSA) is 38.1 Å². The molecule has 152 valence electrons. The van der Waals surface area contributed by atoms with Crippen LogP contribution in [0.4, 0.5) is 0 Å². The quantitative estimate of drug-likeness (QED) is 0.584. The second-order valence-corrected chi connectivity index (χ2v) is 8.35. The summed E-state index contributed by atoms with van der Waals surface area (Å²) in [5.74, 6) is 1.92. The summed E-state index contributed by atoms with van der Waals surface area (Å²) in [6, 6.07) is 17.0. The molecule has 4 heteroatoms. The van der Waals surface area contributed by atoms with Crippen LogP contribution >= 0.6 is 0 Å². The largest absolute Gasteiger partial charge is 0.329 e. The number of piperidine rings is 1. The van der Waals surface area contributed by atoms with Crippen LogP contribution < -0.4 is 0 Å². The molecule has 0 atom stereocenters. The fourth-order valence-corrected chi connectivity index (χ4v) is 4.62. The third-order valence-electron chi connectivity index (χ3n) is 6.19. The molecule has 0 bridgehead atoms. The molecule has 2 aromatic carbocycles. The number of carbonyl (C=O) groups is 1. The molecule has 29 heavy (non-hydrogen) atoms. The average molecular weight is 390 g/mol. The zero-order valence-electron chi connectivity index (χ0n) is 17.6. The van der Waals surface area contributed by atoms with Gasteiger partial charge in [-0.05, 0) is 69.0 Å². The highest BCUT2D eigenvalue weighted by Crippen LogP contribution is 2.24. The number of Topliss-reactive ketones (excluding diaryl/α,β-unsaturated/α-hetero) is 1. The number of aromatic nitrogens is 2. The minimum atomic E-state index is 0.359. The highest BCUT2D eigenvalue weighted by Gasteiger charge is 2.21. The maximum absolute atomic E-state index is 12.7. The molecule has 0 N–H and O–H groups in total. The summed E-state index contributed by atoms with van der Waals surface area (Å²) in [6.07, 6.45) is 3.48. The molecule has 1 saturated heterocycles. The number of hydrogen-bond acceptors (Lipinski definition) is 3. The minimum absolute atomic E-state index is 0.359. The Morgan fingerprint density at radius 1 is 1.07 bits per heavy atom. The van der Waals surface area contributed by atoms with Crippen LogP contribution in [0.1, 0.15) is 43.1 Å². The smallest absolute Gasteiger partial charge is 0.137 e. The Bertz CT molecular complexity index is 968. The van der Waals surface area contributed by atoms with E-state index in [9.17, 15) is 4.79 Å². The van der Waals surface area contributed by atoms with Crippen molar-refractivity contribution in [2.75, 3.05) is 13.1 Å². The van der Waals surface area contributed by atoms with Gasteiger partial charge in [0.1, 0.15) is 11.6 Å². The third-order valence-corrected chi connectivity index (χ3v) is 6.19. The molecule has 4 rings (SSSR count). The number of nitrogens with zero attached hydrogens (tertiary/aromatic N) is 3. The summed E-state index contributed by atoms with van der Waals surface area (Å²) < 4.78 is 2.21. The standard InChI is InChI=1S/C25H31N3O/c1-3-28-19(2)26-24-17-22(9-10-25(24)28)16-23(29)15-20-11-13-27(14-12-20)18-21-7-5-4-6-8-21/h4-10,17,20H,3,11-16,18H2,1-2H3. The lowest BCUT2D eigenvalue weighted by molar-refractivity contribution is -0.119. The summed E-state index contributed by atoms with van der Waals surface area (Å²) in [5.41, 5.74) is 4.62. The fourth-order valence-electron chi connectivity index (χ4n) is 4.62. The van der Waals surface area contributed by atoms with E-state index < -0.39 is 0 Å². The van der Waals surface area contributed by atoms with Crippen LogP contribution in [0.25, 0.3) is 11.0 Å². The number of fused-ring (bicyclic) bond motifs is 1. The number of hydrogen-bond donors (Lipinski definition) is 0. The SMILES string of the molecule is CCn1c(C)nc2cc(CC(=O)CC3CCN(Cc4ccccc4)CC3)ccc21. The number of benzene rings is 2. The van der Waals surface area contributed by atoms with Crippen molar-refractivity contribution in [1.29, 1.82) is 0 Å². The van der Waals surface area contributed by atoms with Crippen LogP contribution in [0, 0.1) is 12.8 Å². The lowest BCUT2D eigenvalue weighted by Crippen LogP contribution is -2.34. The predicted molar refractivity (Wildman–Crippen MR) is 118 cm³/mol. The number of aryl methyl sites for hydroxylation is 2. The van der Waals surface area contributed by atoms with Crippen molar-refractivity contribution in [3.8, 4) is 0 Å². The molecule has 4 nitrogen and oxygen atoms in total. The van der Waals surface area contributed by atoms with E-state index in [-0.39, 0.29) is 0 Å². The van der Waals surface area contributed by atoms with Gasteiger partial charge in [0.15, 0.2) is 0 Å². The van der Waals surface area contributed by atoms with Gasteiger partial charge in [-0.3, -0.25) is 9.69 Å². The maximum Gasteiger partial charge on any atom is 0.137 e. The number of carbonyl (C=O) groups excluding carboxylic acids is 1. The first-order chi connectivity index (χ1) is 14.1. The van der Waals surface area contributed by atoms with E-state index >= 15 is 0 Å². The van der Waals surface area contributed by atoms with Gasteiger partial charge in [-0.15, -0.1) is 0 Å². The zero-order valence-corrected chi connectivity index (χ0v) is 17.6. The Hall–Kier alpha value is -2.46. The number of rotatable bonds is 7. The molecule has 0 radical (unpaired) electrons. The minimum Gasteiger partial charge on any atom is -0.329 e. The molecule has 1 aliphatic rings. The van der Waals surface area contributed by atoms with Crippen LogP contribution in [-0.2, 0) is 24.3 Å². The molecule has 1 aliphatic heterocycles. The molecule has 0 aliphatic carbocycles. The highest BCUT2D eigenvalue weighted by molar-refractivity contribution is 5.83. The highest BCUT2D eigenvalue weighted by atomic mass is 16.1. The van der Waals surface area contributed by atoms with Gasteiger partial charge < -0.3 is 4.57 Å². The Labute approximate surface area is 173 Å². The van der Waals surface area contributed by atoms with Crippen molar-refractivity contribution >= 4 is 16.8 Å². The normalized spacial score (nSPS) is 15.8. The summed E-state index contributed by atoms with van der Waals surface area (Å²) in [4.78, 5) is 19.8. The van der Waals surface area contributed by atoms with Gasteiger partial charge in [-0.25, -0.2) is 4.98 Å². The van der Waals surface area contributed by atoms with Crippen LogP contribution in [0.2, 0.25) is 0 Å². The summed E-state index contributed by atoms with van der Waals surface area (Å²) in [5, 5.41) is 0. The second kappa shape index (κ2) is 8.91. The molecule has 0 amide bonds. The average Bonchev–Trinajstić information content (AvgIpc) is 3.04. The molecule has 0 unspecified atom stereocenters. The van der Waals surface area contributed by atoms with Crippen LogP contribution in [0.5, 0.6) is 0 Å². The molecule has 0 saturated carbocycles. The molecule has 0 spiro atoms. The molecule has 1 fully saturated rings. The van der Waals surface area contributed by atoms with Crippen molar-refractivity contribution in [3.63, 3.8) is 0 Å². The Morgan fingerprint density at radius 3 is 2.55 bits per heavy atom. The number of likely N-dealkylation sites (tertiary alicyclic amines) is 1. The Balaban J connectivity index is 1.28. The third kappa shape index (κ3) is 4.76. The van der Waals surface area contributed by atoms with E-state index in [4.69, 9.17) is 0 Å². The van der Waals surface area contributed by atoms with E-state index in [1.165, 1.54) is 5.56 Å². The second-order valence-electron chi connectivity index (χ2n) is 8.35. The van der Waals surface area contributed by atoms with Crippen molar-refractivity contribution < 1.29 is 4.79 Å². The van der Waals surface area contributed by atoms with Crippen LogP contribution in [-0.4, -0.2) is 33.3 Å². The first kappa shape index (κ1) is 19.8. The van der Waals surface area contributed by atoms with Crippen molar-refractivity contribution in [2.45, 2.75) is 52.6 Å². The fraction of sp³-hybridized carbons (Fsp3) is 0.440. The van der Waals surface area contributed by atoms with E-state index in [1.807, 2.05) is 6.92 Å². The van der Waals surface area contributed by atoms with Gasteiger partial charge in [0.2, 0.25) is 0 Å². The van der Waals surface area contributed by atoms with Gasteiger partial charge in [-0.2, -0.15) is 0 Å². The van der Waals surface area contributed by atoms with Crippen molar-refractivity contribution in [1.82, 2.24) is 14.5 Å². The molecule has 1 aromatic heterocycles. The van der Waals surface area contributed by atoms with Crippen LogP contribution in [0.15, 0.2) is 48.5 Å². The summed E-state index contributed by atoms with van der Waals surface area (Å²) in [6.45, 7) is 8.29. The van der Waals surface area contributed by atoms with E-state index in [1.54, 1.807) is 0 Å². The summed E-state index contributed by atoms with van der Waals surface area (Å²) in [7, 11) is 0.